The maximum Gasteiger partial charge on any atom is 0.191 e. The van der Waals surface area contributed by atoms with E-state index in [0.29, 0.717) is 12.6 Å². The van der Waals surface area contributed by atoms with Gasteiger partial charge in [-0.05, 0) is 43.4 Å². The fraction of sp³-hybridized carbons (Fsp3) is 0.632. The molecule has 1 aromatic carbocycles. The number of piperidine rings is 1. The summed E-state index contributed by atoms with van der Waals surface area (Å²) in [5, 5.41) is 16.0. The fourth-order valence-electron chi connectivity index (χ4n) is 3.91. The lowest BCUT2D eigenvalue weighted by molar-refractivity contribution is 0.150. The molecule has 1 aromatic rings. The third-order valence-corrected chi connectivity index (χ3v) is 5.41. The molecule has 26 heavy (non-hydrogen) atoms. The van der Waals surface area contributed by atoms with E-state index in [2.05, 4.69) is 20.5 Å². The highest BCUT2D eigenvalue weighted by Crippen LogP contribution is 2.26. The average molecular weight is 476 g/mol. The van der Waals surface area contributed by atoms with Gasteiger partial charge in [0.25, 0.3) is 0 Å². The number of rotatable bonds is 4. The van der Waals surface area contributed by atoms with Gasteiger partial charge in [0, 0.05) is 38.8 Å². The molecule has 0 aromatic heterocycles. The number of benzene rings is 1. The van der Waals surface area contributed by atoms with Crippen molar-refractivity contribution in [1.82, 2.24) is 15.5 Å². The largest absolute Gasteiger partial charge is 0.505 e. The molecule has 1 aliphatic carbocycles. The van der Waals surface area contributed by atoms with Crippen LogP contribution in [0.4, 0.5) is 4.39 Å². The van der Waals surface area contributed by atoms with Crippen molar-refractivity contribution < 1.29 is 9.50 Å². The maximum absolute atomic E-state index is 13.4. The van der Waals surface area contributed by atoms with Gasteiger partial charge in [0.15, 0.2) is 17.5 Å². The summed E-state index contributed by atoms with van der Waals surface area (Å²) in [6, 6.07) is 5.67. The zero-order valence-corrected chi connectivity index (χ0v) is 17.7. The van der Waals surface area contributed by atoms with Crippen LogP contribution >= 0.6 is 24.0 Å². The van der Waals surface area contributed by atoms with Crippen molar-refractivity contribution >= 4 is 29.9 Å². The van der Waals surface area contributed by atoms with Crippen LogP contribution in [0.2, 0.25) is 0 Å². The average Bonchev–Trinajstić information content (AvgIpc) is 3.16. The van der Waals surface area contributed by atoms with Crippen LogP contribution in [0.5, 0.6) is 5.75 Å². The van der Waals surface area contributed by atoms with Gasteiger partial charge in [0.05, 0.1) is 0 Å². The molecule has 5 nitrogen and oxygen atoms in total. The maximum atomic E-state index is 13.4. The monoisotopic (exact) mass is 476 g/mol. The second-order valence-electron chi connectivity index (χ2n) is 7.10. The molecule has 0 amide bonds. The fourth-order valence-corrected chi connectivity index (χ4v) is 3.91. The topological polar surface area (TPSA) is 59.9 Å². The Morgan fingerprint density at radius 3 is 2.54 bits per heavy atom. The number of nitrogens with zero attached hydrogens (tertiary/aromatic N) is 2. The van der Waals surface area contributed by atoms with E-state index in [0.717, 1.165) is 43.5 Å². The van der Waals surface area contributed by atoms with Gasteiger partial charge in [0.2, 0.25) is 0 Å². The Hall–Kier alpha value is -1.09. The number of phenolic OH excluding ortho intramolecular Hbond substituents is 1. The molecule has 2 aliphatic rings. The van der Waals surface area contributed by atoms with Crippen molar-refractivity contribution in [2.24, 2.45) is 4.99 Å². The lowest BCUT2D eigenvalue weighted by Crippen LogP contribution is -2.50. The predicted octanol–water partition coefficient (Wildman–Crippen LogP) is 3.22. The molecule has 0 unspecified atom stereocenters. The summed E-state index contributed by atoms with van der Waals surface area (Å²) in [5.41, 5.74) is 0.773. The van der Waals surface area contributed by atoms with Crippen LogP contribution in [0, 0.1) is 5.82 Å². The minimum atomic E-state index is -0.596. The molecule has 0 atom stereocenters. The van der Waals surface area contributed by atoms with E-state index in [9.17, 15) is 9.50 Å². The standard InChI is InChI=1S/C19H29FN4O.HI/c1-21-19(22-13-14-6-7-18(25)17(20)12-14)23-15-8-10-24(11-9-15)16-4-2-3-5-16;/h6-7,12,15-16,25H,2-5,8-11,13H2,1H3,(H2,21,22,23);1H. The van der Waals surface area contributed by atoms with E-state index in [1.165, 1.54) is 37.8 Å². The van der Waals surface area contributed by atoms with Crippen molar-refractivity contribution in [3.8, 4) is 5.75 Å². The number of hydrogen-bond donors (Lipinski definition) is 3. The van der Waals surface area contributed by atoms with Gasteiger partial charge < -0.3 is 20.6 Å². The van der Waals surface area contributed by atoms with Crippen LogP contribution in [-0.2, 0) is 6.54 Å². The van der Waals surface area contributed by atoms with Gasteiger partial charge in [-0.3, -0.25) is 4.99 Å². The Bertz CT molecular complexity index is 599. The molecule has 0 radical (unpaired) electrons. The molecule has 2 fully saturated rings. The van der Waals surface area contributed by atoms with Crippen LogP contribution < -0.4 is 10.6 Å². The van der Waals surface area contributed by atoms with Gasteiger partial charge in [-0.15, -0.1) is 24.0 Å². The van der Waals surface area contributed by atoms with E-state index >= 15 is 0 Å². The second kappa shape index (κ2) is 10.3. The number of nitrogens with one attached hydrogen (secondary N) is 2. The van der Waals surface area contributed by atoms with Crippen molar-refractivity contribution in [2.45, 2.75) is 57.2 Å². The molecule has 1 aliphatic heterocycles. The van der Waals surface area contributed by atoms with Crippen molar-refractivity contribution in [3.05, 3.63) is 29.6 Å². The second-order valence-corrected chi connectivity index (χ2v) is 7.10. The highest BCUT2D eigenvalue weighted by atomic mass is 127. The van der Waals surface area contributed by atoms with Crippen LogP contribution in [0.25, 0.3) is 0 Å². The first-order valence-corrected chi connectivity index (χ1v) is 9.34. The van der Waals surface area contributed by atoms with Gasteiger partial charge in [-0.2, -0.15) is 0 Å². The first-order chi connectivity index (χ1) is 12.2. The molecule has 0 bridgehead atoms. The molecule has 0 spiro atoms. The molecule has 3 N–H and O–H groups in total. The van der Waals surface area contributed by atoms with E-state index in [4.69, 9.17) is 0 Å². The predicted molar refractivity (Wildman–Crippen MR) is 114 cm³/mol. The summed E-state index contributed by atoms with van der Waals surface area (Å²) < 4.78 is 13.4. The van der Waals surface area contributed by atoms with Crippen molar-refractivity contribution in [3.63, 3.8) is 0 Å². The molecule has 1 heterocycles. The lowest BCUT2D eigenvalue weighted by Gasteiger charge is -2.36. The van der Waals surface area contributed by atoms with Gasteiger partial charge in [-0.25, -0.2) is 4.39 Å². The van der Waals surface area contributed by atoms with Crippen molar-refractivity contribution in [1.29, 1.82) is 0 Å². The molecule has 1 saturated heterocycles. The van der Waals surface area contributed by atoms with E-state index in [1.807, 2.05) is 0 Å². The van der Waals surface area contributed by atoms with Gasteiger partial charge in [0.1, 0.15) is 0 Å². The molecule has 7 heteroatoms. The van der Waals surface area contributed by atoms with Crippen molar-refractivity contribution in [2.75, 3.05) is 20.1 Å². The van der Waals surface area contributed by atoms with Crippen LogP contribution in [0.1, 0.15) is 44.1 Å². The summed E-state index contributed by atoms with van der Waals surface area (Å²) in [7, 11) is 1.75. The first kappa shape index (κ1) is 21.2. The number of hydrogen-bond acceptors (Lipinski definition) is 3. The first-order valence-electron chi connectivity index (χ1n) is 9.34. The Morgan fingerprint density at radius 1 is 1.23 bits per heavy atom. The molecular formula is C19H30FIN4O. The summed E-state index contributed by atoms with van der Waals surface area (Å²) in [6.07, 6.45) is 7.76. The minimum Gasteiger partial charge on any atom is -0.505 e. The number of likely N-dealkylation sites (tertiary alicyclic amines) is 1. The van der Waals surface area contributed by atoms with E-state index in [-0.39, 0.29) is 29.7 Å². The van der Waals surface area contributed by atoms with Gasteiger partial charge in [-0.1, -0.05) is 18.9 Å². The third-order valence-electron chi connectivity index (χ3n) is 5.41. The molecule has 1 saturated carbocycles. The quantitative estimate of drug-likeness (QED) is 0.355. The van der Waals surface area contributed by atoms with E-state index < -0.39 is 5.82 Å². The number of phenols is 1. The zero-order valence-electron chi connectivity index (χ0n) is 15.4. The third kappa shape index (κ3) is 5.70. The minimum absolute atomic E-state index is 0. The summed E-state index contributed by atoms with van der Waals surface area (Å²) in [4.78, 5) is 6.92. The number of halogens is 2. The number of guanidine groups is 1. The molecular weight excluding hydrogens is 446 g/mol. The van der Waals surface area contributed by atoms with E-state index in [1.54, 1.807) is 13.1 Å². The Morgan fingerprint density at radius 2 is 1.92 bits per heavy atom. The van der Waals surface area contributed by atoms with Crippen LogP contribution in [0.15, 0.2) is 23.2 Å². The highest BCUT2D eigenvalue weighted by molar-refractivity contribution is 14.0. The summed E-state index contributed by atoms with van der Waals surface area (Å²) in [5.74, 6) is -0.172. The SMILES string of the molecule is CN=C(NCc1ccc(O)c(F)c1)NC1CCN(C2CCCC2)CC1.I. The zero-order chi connectivity index (χ0) is 17.6. The number of aliphatic imine (C=N–C) groups is 1. The molecule has 146 valence electrons. The smallest absolute Gasteiger partial charge is 0.191 e. The van der Waals surface area contributed by atoms with Crippen LogP contribution in [-0.4, -0.2) is 48.2 Å². The van der Waals surface area contributed by atoms with Gasteiger partial charge >= 0.3 is 0 Å². The highest BCUT2D eigenvalue weighted by Gasteiger charge is 2.27. The summed E-state index contributed by atoms with van der Waals surface area (Å²) in [6.45, 7) is 2.78. The lowest BCUT2D eigenvalue weighted by atomic mass is 10.0. The summed E-state index contributed by atoms with van der Waals surface area (Å²) >= 11 is 0. The molecule has 3 rings (SSSR count). The Labute approximate surface area is 172 Å². The Balaban J connectivity index is 0.00000243. The van der Waals surface area contributed by atoms with Crippen LogP contribution in [0.3, 0.4) is 0 Å². The normalized spacial score (nSPS) is 20.0. The Kier molecular flexibility index (Phi) is 8.40. The number of aromatic hydroxyl groups is 1.